The van der Waals surface area contributed by atoms with Gasteiger partial charge in [-0.25, -0.2) is 0 Å². The molecule has 2 rings (SSSR count). The maximum absolute atomic E-state index is 2.31. The summed E-state index contributed by atoms with van der Waals surface area (Å²) in [4.78, 5) is 0. The van der Waals surface area contributed by atoms with Gasteiger partial charge in [-0.1, -0.05) is 73.7 Å². The smallest absolute Gasteiger partial charge is 0.0184 e. The van der Waals surface area contributed by atoms with E-state index in [9.17, 15) is 0 Å². The van der Waals surface area contributed by atoms with Crippen molar-refractivity contribution < 1.29 is 0 Å². The number of hydrogen-bond donors (Lipinski definition) is 0. The molecule has 1 aliphatic rings. The van der Waals surface area contributed by atoms with Crippen LogP contribution in [0.25, 0.3) is 0 Å². The average Bonchev–Trinajstić information content (AvgIpc) is 2.67. The quantitative estimate of drug-likeness (QED) is 0.502. The molecule has 1 aromatic carbocycles. The van der Waals surface area contributed by atoms with E-state index in [4.69, 9.17) is 0 Å². The summed E-state index contributed by atoms with van der Waals surface area (Å²) in [5.41, 5.74) is 3.14. The highest BCUT2D eigenvalue weighted by atomic mass is 14.2. The first-order chi connectivity index (χ1) is 6.88. The zero-order valence-corrected chi connectivity index (χ0v) is 10.3. The molecule has 96 valence electrons. The van der Waals surface area contributed by atoms with Gasteiger partial charge in [-0.05, 0) is 29.9 Å². The van der Waals surface area contributed by atoms with Crippen molar-refractivity contribution in [2.75, 3.05) is 0 Å². The van der Waals surface area contributed by atoms with Crippen LogP contribution in [0.3, 0.4) is 0 Å². The summed E-state index contributed by atoms with van der Waals surface area (Å²) in [6.45, 7) is 10.3. The van der Waals surface area contributed by atoms with Gasteiger partial charge >= 0.3 is 0 Å². The Morgan fingerprint density at radius 3 is 1.94 bits per heavy atom. The second-order valence-electron chi connectivity index (χ2n) is 3.14. The third-order valence-corrected chi connectivity index (χ3v) is 2.43. The third kappa shape index (κ3) is 5.34. The van der Waals surface area contributed by atoms with E-state index in [1.165, 1.54) is 12.8 Å². The Balaban J connectivity index is -0.000000257. The van der Waals surface area contributed by atoms with Gasteiger partial charge in [0.25, 0.3) is 0 Å². The first kappa shape index (κ1) is 20.6. The third-order valence-electron chi connectivity index (χ3n) is 2.43. The van der Waals surface area contributed by atoms with E-state index < -0.39 is 0 Å². The van der Waals surface area contributed by atoms with Gasteiger partial charge in [0.05, 0.1) is 0 Å². The summed E-state index contributed by atoms with van der Waals surface area (Å²) < 4.78 is 0. The molecule has 0 spiro atoms. The van der Waals surface area contributed by atoms with Crippen LogP contribution in [0.2, 0.25) is 0 Å². The minimum atomic E-state index is 0. The van der Waals surface area contributed by atoms with Gasteiger partial charge in [-0.3, -0.25) is 0 Å². The second-order valence-corrected chi connectivity index (χ2v) is 3.14. The summed E-state index contributed by atoms with van der Waals surface area (Å²) in [6, 6.07) is 8.78. The molecule has 0 radical (unpaired) electrons. The van der Waals surface area contributed by atoms with Crippen molar-refractivity contribution >= 4 is 0 Å². The largest absolute Gasteiger partial charge is 0.0776 e. The maximum atomic E-state index is 2.31. The van der Waals surface area contributed by atoms with E-state index in [-0.39, 0.29) is 14.9 Å². The number of aryl methyl sites for hydroxylation is 1. The van der Waals surface area contributed by atoms with Crippen molar-refractivity contribution in [3.8, 4) is 0 Å². The fourth-order valence-electron chi connectivity index (χ4n) is 1.77. The van der Waals surface area contributed by atoms with Crippen molar-refractivity contribution in [3.05, 3.63) is 35.4 Å². The molecule has 1 aliphatic carbocycles. The molecule has 1 aromatic rings. The van der Waals surface area contributed by atoms with E-state index in [0.29, 0.717) is 0 Å². The van der Waals surface area contributed by atoms with E-state index in [1.54, 1.807) is 11.1 Å². The summed E-state index contributed by atoms with van der Waals surface area (Å²) in [5, 5.41) is 0. The lowest BCUT2D eigenvalue weighted by Gasteiger charge is -2.01. The van der Waals surface area contributed by atoms with Crippen LogP contribution >= 0.6 is 0 Å². The molecule has 1 unspecified atom stereocenters. The topological polar surface area (TPSA) is 0 Å². The summed E-state index contributed by atoms with van der Waals surface area (Å²) in [5.74, 6) is 0.802. The molecule has 0 heterocycles. The molecule has 0 heteroatoms. The maximum Gasteiger partial charge on any atom is -0.0184 e. The lowest BCUT2D eigenvalue weighted by Crippen LogP contribution is -1.83. The molecule has 1 atom stereocenters. The van der Waals surface area contributed by atoms with E-state index >= 15 is 0 Å². The molecule has 0 aromatic heterocycles. The Kier molecular flexibility index (Phi) is 15.8. The molecule has 0 saturated carbocycles. The minimum Gasteiger partial charge on any atom is -0.0776 e. The van der Waals surface area contributed by atoms with Crippen LogP contribution in [0.1, 0.15) is 72.9 Å². The Morgan fingerprint density at radius 2 is 1.44 bits per heavy atom. The van der Waals surface area contributed by atoms with Crippen LogP contribution in [0.4, 0.5) is 0 Å². The minimum absolute atomic E-state index is 0. The average molecular weight is 224 g/mol. The zero-order chi connectivity index (χ0) is 11.0. The SMILES string of the molecule is C.C.CC.CC.CC1CCc2ccccc21. The Bertz CT molecular complexity index is 238. The number of benzene rings is 1. The first-order valence-electron chi connectivity index (χ1n) is 5.96. The number of fused-ring (bicyclic) bond motifs is 1. The van der Waals surface area contributed by atoms with Crippen molar-refractivity contribution in [1.29, 1.82) is 0 Å². The fourth-order valence-corrected chi connectivity index (χ4v) is 1.77. The molecule has 0 amide bonds. The van der Waals surface area contributed by atoms with Crippen molar-refractivity contribution in [2.24, 2.45) is 0 Å². The van der Waals surface area contributed by atoms with Crippen LogP contribution in [-0.4, -0.2) is 0 Å². The molecule has 0 aliphatic heterocycles. The lowest BCUT2D eigenvalue weighted by molar-refractivity contribution is 0.747. The molecule has 0 fully saturated rings. The van der Waals surface area contributed by atoms with Crippen LogP contribution < -0.4 is 0 Å². The van der Waals surface area contributed by atoms with Gasteiger partial charge < -0.3 is 0 Å². The standard InChI is InChI=1S/C10H12.2C2H6.2CH4/c1-8-6-7-9-4-2-3-5-10(8)9;2*1-2;;/h2-5,8H,6-7H2,1H3;2*1-2H3;2*1H4. The first-order valence-corrected chi connectivity index (χ1v) is 5.96. The van der Waals surface area contributed by atoms with Crippen molar-refractivity contribution in [2.45, 2.75) is 68.2 Å². The monoisotopic (exact) mass is 224 g/mol. The molecule has 0 nitrogen and oxygen atoms in total. The van der Waals surface area contributed by atoms with E-state index in [0.717, 1.165) is 5.92 Å². The van der Waals surface area contributed by atoms with Crippen molar-refractivity contribution in [1.82, 2.24) is 0 Å². The van der Waals surface area contributed by atoms with Gasteiger partial charge in [-0.15, -0.1) is 0 Å². The molecule has 16 heavy (non-hydrogen) atoms. The van der Waals surface area contributed by atoms with Crippen molar-refractivity contribution in [3.63, 3.8) is 0 Å². The Morgan fingerprint density at radius 1 is 0.938 bits per heavy atom. The van der Waals surface area contributed by atoms with Gasteiger partial charge in [0.15, 0.2) is 0 Å². The van der Waals surface area contributed by atoms with Gasteiger partial charge in [-0.2, -0.15) is 0 Å². The summed E-state index contributed by atoms with van der Waals surface area (Å²) in [6.07, 6.45) is 2.64. The molecular formula is C16H32. The Hall–Kier alpha value is -0.780. The van der Waals surface area contributed by atoms with Crippen LogP contribution in [0.15, 0.2) is 24.3 Å². The zero-order valence-electron chi connectivity index (χ0n) is 10.3. The highest BCUT2D eigenvalue weighted by Crippen LogP contribution is 2.31. The molecular weight excluding hydrogens is 192 g/mol. The second kappa shape index (κ2) is 12.3. The summed E-state index contributed by atoms with van der Waals surface area (Å²) >= 11 is 0. The van der Waals surface area contributed by atoms with Crippen LogP contribution in [0.5, 0.6) is 0 Å². The Labute approximate surface area is 104 Å². The van der Waals surface area contributed by atoms with E-state index in [2.05, 4.69) is 31.2 Å². The predicted octanol–water partition coefficient (Wildman–Crippen LogP) is 6.06. The highest BCUT2D eigenvalue weighted by Gasteiger charge is 2.16. The molecule has 0 saturated heterocycles. The molecule has 0 bridgehead atoms. The summed E-state index contributed by atoms with van der Waals surface area (Å²) in [7, 11) is 0. The fraction of sp³-hybridized carbons (Fsp3) is 0.625. The van der Waals surface area contributed by atoms with Crippen LogP contribution in [-0.2, 0) is 6.42 Å². The van der Waals surface area contributed by atoms with Gasteiger partial charge in [0.1, 0.15) is 0 Å². The van der Waals surface area contributed by atoms with E-state index in [1.807, 2.05) is 27.7 Å². The number of hydrogen-bond acceptors (Lipinski definition) is 0. The van der Waals surface area contributed by atoms with Gasteiger partial charge in [0, 0.05) is 0 Å². The highest BCUT2D eigenvalue weighted by molar-refractivity contribution is 5.33. The molecule has 0 N–H and O–H groups in total. The van der Waals surface area contributed by atoms with Crippen LogP contribution in [0, 0.1) is 0 Å². The number of rotatable bonds is 0. The predicted molar refractivity (Wildman–Crippen MR) is 79.3 cm³/mol. The lowest BCUT2D eigenvalue weighted by atomic mass is 10.0. The normalized spacial score (nSPS) is 14.9. The van der Waals surface area contributed by atoms with Gasteiger partial charge in [0.2, 0.25) is 0 Å².